The predicted octanol–water partition coefficient (Wildman–Crippen LogP) is -1.47. The second-order valence-electron chi connectivity index (χ2n) is 4.10. The lowest BCUT2D eigenvalue weighted by atomic mass is 10.3. The summed E-state index contributed by atoms with van der Waals surface area (Å²) >= 11 is 0. The van der Waals surface area contributed by atoms with E-state index >= 15 is 0 Å². The van der Waals surface area contributed by atoms with E-state index in [4.69, 9.17) is 0 Å². The Balaban J connectivity index is 2.08. The van der Waals surface area contributed by atoms with Crippen molar-refractivity contribution in [1.82, 2.24) is 20.9 Å². The highest BCUT2D eigenvalue weighted by Crippen LogP contribution is 1.89. The molecule has 6 heteroatoms. The maximum atomic E-state index is 11.3. The van der Waals surface area contributed by atoms with E-state index in [0.29, 0.717) is 13.1 Å². The quantitative estimate of drug-likeness (QED) is 0.515. The Labute approximate surface area is 102 Å². The molecule has 1 aliphatic heterocycles. The van der Waals surface area contributed by atoms with E-state index in [-0.39, 0.29) is 0 Å². The fourth-order valence-electron chi connectivity index (χ4n) is 1.66. The van der Waals surface area contributed by atoms with Crippen LogP contribution in [0.25, 0.3) is 0 Å². The number of nitrogens with zero attached hydrogens (tertiary/aromatic N) is 1. The smallest absolute Gasteiger partial charge is 0.309 e. The Morgan fingerprint density at radius 3 is 2.29 bits per heavy atom. The van der Waals surface area contributed by atoms with E-state index in [1.54, 1.807) is 0 Å². The highest BCUT2D eigenvalue weighted by Gasteiger charge is 2.13. The average Bonchev–Trinajstić information content (AvgIpc) is 2.37. The first kappa shape index (κ1) is 13.9. The zero-order chi connectivity index (χ0) is 12.5. The van der Waals surface area contributed by atoms with E-state index in [1.807, 2.05) is 6.92 Å². The molecule has 1 saturated heterocycles. The third-order valence-electron chi connectivity index (χ3n) is 2.66. The van der Waals surface area contributed by atoms with Crippen molar-refractivity contribution < 1.29 is 9.59 Å². The van der Waals surface area contributed by atoms with E-state index < -0.39 is 11.8 Å². The molecule has 17 heavy (non-hydrogen) atoms. The van der Waals surface area contributed by atoms with E-state index in [1.165, 1.54) is 0 Å². The van der Waals surface area contributed by atoms with Gasteiger partial charge in [-0.2, -0.15) is 0 Å². The molecule has 1 fully saturated rings. The molecule has 0 aliphatic carbocycles. The molecular weight excluding hydrogens is 220 g/mol. The van der Waals surface area contributed by atoms with Gasteiger partial charge in [-0.1, -0.05) is 6.92 Å². The summed E-state index contributed by atoms with van der Waals surface area (Å²) in [5.41, 5.74) is 0. The van der Waals surface area contributed by atoms with Gasteiger partial charge in [0.15, 0.2) is 0 Å². The first-order chi connectivity index (χ1) is 8.24. The lowest BCUT2D eigenvalue weighted by Gasteiger charge is -2.26. The first-order valence-electron chi connectivity index (χ1n) is 6.23. The van der Waals surface area contributed by atoms with E-state index in [2.05, 4.69) is 20.9 Å². The van der Waals surface area contributed by atoms with Gasteiger partial charge in [0.25, 0.3) is 0 Å². The Morgan fingerprint density at radius 2 is 1.71 bits per heavy atom. The summed E-state index contributed by atoms with van der Waals surface area (Å²) in [7, 11) is 0. The molecule has 0 aromatic heterocycles. The minimum Gasteiger partial charge on any atom is -0.348 e. The summed E-state index contributed by atoms with van der Waals surface area (Å²) < 4.78 is 0. The molecule has 2 amide bonds. The van der Waals surface area contributed by atoms with E-state index in [9.17, 15) is 9.59 Å². The Bertz CT molecular complexity index is 252. The van der Waals surface area contributed by atoms with Crippen molar-refractivity contribution >= 4 is 11.8 Å². The molecule has 0 bridgehead atoms. The molecule has 0 atom stereocenters. The van der Waals surface area contributed by atoms with Crippen LogP contribution in [-0.4, -0.2) is 62.5 Å². The van der Waals surface area contributed by atoms with Crippen LogP contribution in [0.15, 0.2) is 0 Å². The molecule has 0 aromatic carbocycles. The minimum absolute atomic E-state index is 0.526. The van der Waals surface area contributed by atoms with Crippen molar-refractivity contribution in [3.05, 3.63) is 0 Å². The second kappa shape index (κ2) is 8.03. The van der Waals surface area contributed by atoms with E-state index in [0.717, 1.165) is 39.1 Å². The number of hydrogen-bond acceptors (Lipinski definition) is 4. The van der Waals surface area contributed by atoms with Crippen molar-refractivity contribution in [3.8, 4) is 0 Å². The number of carbonyl (C=O) groups excluding carboxylic acids is 2. The zero-order valence-corrected chi connectivity index (χ0v) is 10.4. The number of rotatable bonds is 5. The molecule has 1 heterocycles. The van der Waals surface area contributed by atoms with Gasteiger partial charge in [-0.25, -0.2) is 0 Å². The number of carbonyl (C=O) groups is 2. The lowest BCUT2D eigenvalue weighted by Crippen LogP contribution is -2.47. The van der Waals surface area contributed by atoms with Crippen molar-refractivity contribution in [2.24, 2.45) is 0 Å². The summed E-state index contributed by atoms with van der Waals surface area (Å²) in [5.74, 6) is -1.07. The third-order valence-corrected chi connectivity index (χ3v) is 2.66. The van der Waals surface area contributed by atoms with Gasteiger partial charge < -0.3 is 16.0 Å². The molecule has 6 nitrogen and oxygen atoms in total. The molecule has 1 aliphatic rings. The van der Waals surface area contributed by atoms with Crippen LogP contribution < -0.4 is 16.0 Å². The SMILES string of the molecule is CCCNC(=O)C(=O)NCCN1CCNCC1. The van der Waals surface area contributed by atoms with Gasteiger partial charge in [-0.3, -0.25) is 14.5 Å². The maximum Gasteiger partial charge on any atom is 0.309 e. The third kappa shape index (κ3) is 5.65. The fraction of sp³-hybridized carbons (Fsp3) is 0.818. The molecular formula is C11H22N4O2. The van der Waals surface area contributed by atoms with Crippen LogP contribution in [0.5, 0.6) is 0 Å². The molecule has 3 N–H and O–H groups in total. The number of piperazine rings is 1. The Hall–Kier alpha value is -1.14. The molecule has 1 rings (SSSR count). The zero-order valence-electron chi connectivity index (χ0n) is 10.4. The summed E-state index contributed by atoms with van der Waals surface area (Å²) in [6.07, 6.45) is 0.833. The summed E-state index contributed by atoms with van der Waals surface area (Å²) in [5, 5.41) is 8.43. The van der Waals surface area contributed by atoms with Gasteiger partial charge in [-0.15, -0.1) is 0 Å². The highest BCUT2D eigenvalue weighted by molar-refractivity contribution is 6.35. The predicted molar refractivity (Wildman–Crippen MR) is 65.6 cm³/mol. The van der Waals surface area contributed by atoms with Crippen LogP contribution in [0.3, 0.4) is 0 Å². The van der Waals surface area contributed by atoms with Crippen LogP contribution in [0.1, 0.15) is 13.3 Å². The summed E-state index contributed by atoms with van der Waals surface area (Å²) in [4.78, 5) is 24.8. The summed E-state index contributed by atoms with van der Waals surface area (Å²) in [6.45, 7) is 7.80. The van der Waals surface area contributed by atoms with Gasteiger partial charge in [0.2, 0.25) is 0 Å². The number of hydrogen-bond donors (Lipinski definition) is 3. The first-order valence-corrected chi connectivity index (χ1v) is 6.23. The van der Waals surface area contributed by atoms with Crippen molar-refractivity contribution in [1.29, 1.82) is 0 Å². The van der Waals surface area contributed by atoms with Crippen molar-refractivity contribution in [3.63, 3.8) is 0 Å². The van der Waals surface area contributed by atoms with Crippen LogP contribution in [0, 0.1) is 0 Å². The number of amides is 2. The van der Waals surface area contributed by atoms with Gasteiger partial charge in [0, 0.05) is 45.8 Å². The number of nitrogens with one attached hydrogen (secondary N) is 3. The molecule has 98 valence electrons. The highest BCUT2D eigenvalue weighted by atomic mass is 16.2. The van der Waals surface area contributed by atoms with Gasteiger partial charge in [-0.05, 0) is 6.42 Å². The monoisotopic (exact) mass is 242 g/mol. The van der Waals surface area contributed by atoms with Gasteiger partial charge in [0.1, 0.15) is 0 Å². The largest absolute Gasteiger partial charge is 0.348 e. The molecule has 0 saturated carbocycles. The van der Waals surface area contributed by atoms with Crippen LogP contribution >= 0.6 is 0 Å². The lowest BCUT2D eigenvalue weighted by molar-refractivity contribution is -0.139. The van der Waals surface area contributed by atoms with Crippen LogP contribution in [-0.2, 0) is 9.59 Å². The normalized spacial score (nSPS) is 16.5. The Kier molecular flexibility index (Phi) is 6.57. The van der Waals surface area contributed by atoms with Gasteiger partial charge in [0.05, 0.1) is 0 Å². The molecule has 0 spiro atoms. The molecule has 0 unspecified atom stereocenters. The van der Waals surface area contributed by atoms with Crippen molar-refractivity contribution in [2.75, 3.05) is 45.8 Å². The van der Waals surface area contributed by atoms with Crippen LogP contribution in [0.2, 0.25) is 0 Å². The molecule has 0 aromatic rings. The van der Waals surface area contributed by atoms with Gasteiger partial charge >= 0.3 is 11.8 Å². The molecule has 0 radical (unpaired) electrons. The van der Waals surface area contributed by atoms with Crippen LogP contribution in [0.4, 0.5) is 0 Å². The standard InChI is InChI=1S/C11H22N4O2/c1-2-3-13-10(16)11(17)14-6-9-15-7-4-12-5-8-15/h12H,2-9H2,1H3,(H,13,16)(H,14,17). The summed E-state index contributed by atoms with van der Waals surface area (Å²) in [6, 6.07) is 0. The minimum atomic E-state index is -0.535. The topological polar surface area (TPSA) is 73.5 Å². The fourth-order valence-corrected chi connectivity index (χ4v) is 1.66. The maximum absolute atomic E-state index is 11.3. The average molecular weight is 242 g/mol. The van der Waals surface area contributed by atoms with Crippen molar-refractivity contribution in [2.45, 2.75) is 13.3 Å². The second-order valence-corrected chi connectivity index (χ2v) is 4.10. The Morgan fingerprint density at radius 1 is 1.12 bits per heavy atom.